The van der Waals surface area contributed by atoms with Crippen LogP contribution >= 0.6 is 0 Å². The molecule has 2 atom stereocenters. The molecule has 0 saturated carbocycles. The molecule has 1 N–H and O–H groups in total. The van der Waals surface area contributed by atoms with E-state index in [1.807, 2.05) is 21.1 Å². The van der Waals surface area contributed by atoms with Crippen molar-refractivity contribution >= 4 is 17.9 Å². The van der Waals surface area contributed by atoms with Gasteiger partial charge in [0.15, 0.2) is 6.10 Å². The molecule has 81 heavy (non-hydrogen) atoms. The van der Waals surface area contributed by atoms with Crippen molar-refractivity contribution in [1.82, 2.24) is 0 Å². The minimum absolute atomic E-state index is 0.184. The van der Waals surface area contributed by atoms with Crippen LogP contribution in [0, 0.1) is 0 Å². The SMILES string of the molecule is CC/C=C\C/C=C\C/C=C\C/C=C\CCCCCCCCCCCCCCCCCCCCCCCCC(=O)OC(COC(=O)CCCCCCCCCC/C=C\C/C=C\C/C=C\C/C=C\CC)COC(OCC[N+](C)(C)C)C(=O)O. The van der Waals surface area contributed by atoms with Crippen molar-refractivity contribution in [2.75, 3.05) is 47.5 Å². The Morgan fingerprint density at radius 2 is 0.667 bits per heavy atom. The number of ether oxygens (including phenoxy) is 4. The van der Waals surface area contributed by atoms with E-state index >= 15 is 0 Å². The summed E-state index contributed by atoms with van der Waals surface area (Å²) in [5.41, 5.74) is 0. The van der Waals surface area contributed by atoms with Gasteiger partial charge in [0.2, 0.25) is 0 Å². The zero-order valence-electron chi connectivity index (χ0n) is 53.2. The number of hydrogen-bond acceptors (Lipinski definition) is 7. The maximum Gasteiger partial charge on any atom is 0.361 e. The fraction of sp³-hybridized carbons (Fsp3) is 0.736. The lowest BCUT2D eigenvalue weighted by Gasteiger charge is -2.25. The molecule has 0 bridgehead atoms. The molecule has 0 heterocycles. The van der Waals surface area contributed by atoms with Gasteiger partial charge in [-0.2, -0.15) is 0 Å². The number of carbonyl (C=O) groups excluding carboxylic acids is 2. The number of rotatable bonds is 61. The lowest BCUT2D eigenvalue weighted by molar-refractivity contribution is -0.870. The van der Waals surface area contributed by atoms with E-state index < -0.39 is 24.3 Å². The molecule has 0 rings (SSSR count). The number of carboxylic acid groups (broad SMARTS) is 1. The molecule has 0 radical (unpaired) electrons. The third-order valence-corrected chi connectivity index (χ3v) is 14.3. The zero-order valence-corrected chi connectivity index (χ0v) is 53.2. The largest absolute Gasteiger partial charge is 0.477 e. The first-order chi connectivity index (χ1) is 39.6. The third kappa shape index (κ3) is 63.6. The smallest absolute Gasteiger partial charge is 0.361 e. The Morgan fingerprint density at radius 3 is 0.988 bits per heavy atom. The molecule has 9 nitrogen and oxygen atoms in total. The Labute approximate surface area is 499 Å². The lowest BCUT2D eigenvalue weighted by atomic mass is 10.0. The van der Waals surface area contributed by atoms with Crippen LogP contribution in [0.5, 0.6) is 0 Å². The molecular weight excluding hydrogens is 1010 g/mol. The van der Waals surface area contributed by atoms with Gasteiger partial charge in [0.05, 0.1) is 34.4 Å². The van der Waals surface area contributed by atoms with Gasteiger partial charge in [0.25, 0.3) is 6.29 Å². The fourth-order valence-corrected chi connectivity index (χ4v) is 9.29. The van der Waals surface area contributed by atoms with Crippen molar-refractivity contribution in [1.29, 1.82) is 0 Å². The van der Waals surface area contributed by atoms with Crippen molar-refractivity contribution in [3.63, 3.8) is 0 Å². The Hall–Kier alpha value is -3.79. The highest BCUT2D eigenvalue weighted by Crippen LogP contribution is 2.17. The molecule has 0 aromatic rings. The molecule has 0 aliphatic carbocycles. The van der Waals surface area contributed by atoms with E-state index in [0.29, 0.717) is 17.4 Å². The van der Waals surface area contributed by atoms with Crippen LogP contribution in [0.1, 0.15) is 284 Å². The van der Waals surface area contributed by atoms with Crippen LogP contribution in [0.25, 0.3) is 0 Å². The second kappa shape index (κ2) is 62.3. The third-order valence-electron chi connectivity index (χ3n) is 14.3. The molecule has 0 saturated heterocycles. The topological polar surface area (TPSA) is 108 Å². The Bertz CT molecular complexity index is 1650. The van der Waals surface area contributed by atoms with Gasteiger partial charge in [-0.05, 0) is 89.9 Å². The van der Waals surface area contributed by atoms with Gasteiger partial charge in [0, 0.05) is 12.8 Å². The monoisotopic (exact) mass is 1130 g/mol. The molecule has 9 heteroatoms. The molecule has 0 spiro atoms. The van der Waals surface area contributed by atoms with E-state index in [2.05, 4.69) is 111 Å². The number of esters is 2. The van der Waals surface area contributed by atoms with Crippen LogP contribution in [0.3, 0.4) is 0 Å². The summed E-state index contributed by atoms with van der Waals surface area (Å²) in [7, 11) is 5.97. The van der Waals surface area contributed by atoms with E-state index in [4.69, 9.17) is 18.9 Å². The van der Waals surface area contributed by atoms with Crippen LogP contribution in [-0.2, 0) is 33.3 Å². The first-order valence-corrected chi connectivity index (χ1v) is 33.4. The number of quaternary nitrogens is 1. The molecule has 0 fully saturated rings. The van der Waals surface area contributed by atoms with Crippen LogP contribution in [0.2, 0.25) is 0 Å². The highest BCUT2D eigenvalue weighted by Gasteiger charge is 2.25. The van der Waals surface area contributed by atoms with Crippen molar-refractivity contribution in [3.8, 4) is 0 Å². The van der Waals surface area contributed by atoms with E-state index in [1.165, 1.54) is 154 Å². The molecule has 466 valence electrons. The van der Waals surface area contributed by atoms with Crippen LogP contribution in [0.4, 0.5) is 0 Å². The van der Waals surface area contributed by atoms with Crippen molar-refractivity contribution in [3.05, 3.63) is 97.2 Å². The molecular formula is C72H126NO8+. The average molecular weight is 1130 g/mol. The minimum Gasteiger partial charge on any atom is -0.477 e. The maximum absolute atomic E-state index is 12.9. The number of hydrogen-bond donors (Lipinski definition) is 1. The summed E-state index contributed by atoms with van der Waals surface area (Å²) in [6, 6.07) is 0. The van der Waals surface area contributed by atoms with Gasteiger partial charge in [-0.1, -0.05) is 278 Å². The number of unbranched alkanes of at least 4 members (excludes halogenated alkanes) is 30. The standard InChI is InChI=1S/C72H125NO8/c1-6-8-10-12-14-16-18-20-22-24-26-28-29-30-31-32-33-34-35-36-37-38-39-40-41-43-45-47-49-51-53-55-57-59-61-63-70(75)81-68(67-80-72(71(76)77)78-65-64-73(3,4)5)66-79-69(74)62-60-58-56-54-52-50-48-46-44-42-27-25-23-21-19-17-15-13-11-9-7-2/h8-11,14-17,20-23,26-28,42,68,72H,6-7,12-13,18-19,24-25,29-41,43-67H2,1-5H3/p+1/b10-8-,11-9-,16-14-,17-15-,22-20-,23-21-,28-26-,42-27-. The molecule has 0 aromatic heterocycles. The first kappa shape index (κ1) is 77.2. The van der Waals surface area contributed by atoms with Gasteiger partial charge in [0.1, 0.15) is 13.2 Å². The van der Waals surface area contributed by atoms with Gasteiger partial charge < -0.3 is 28.5 Å². The summed E-state index contributed by atoms with van der Waals surface area (Å²) >= 11 is 0. The first-order valence-electron chi connectivity index (χ1n) is 33.4. The number of carboxylic acids is 1. The molecule has 0 aliphatic heterocycles. The lowest BCUT2D eigenvalue weighted by Crippen LogP contribution is -2.40. The van der Waals surface area contributed by atoms with Gasteiger partial charge >= 0.3 is 17.9 Å². The summed E-state index contributed by atoms with van der Waals surface area (Å²) in [4.78, 5) is 37.6. The van der Waals surface area contributed by atoms with E-state index in [0.717, 1.165) is 103 Å². The molecule has 0 aliphatic rings. The summed E-state index contributed by atoms with van der Waals surface area (Å²) < 4.78 is 22.9. The normalized spacial score (nSPS) is 13.3. The summed E-state index contributed by atoms with van der Waals surface area (Å²) in [5, 5.41) is 9.73. The average Bonchev–Trinajstić information content (AvgIpc) is 3.44. The van der Waals surface area contributed by atoms with Gasteiger partial charge in [-0.3, -0.25) is 9.59 Å². The second-order valence-corrected chi connectivity index (χ2v) is 23.4. The maximum atomic E-state index is 12.9. The van der Waals surface area contributed by atoms with Crippen molar-refractivity contribution < 1.29 is 42.9 Å². The van der Waals surface area contributed by atoms with Crippen molar-refractivity contribution in [2.24, 2.45) is 0 Å². The van der Waals surface area contributed by atoms with E-state index in [1.54, 1.807) is 0 Å². The van der Waals surface area contributed by atoms with Gasteiger partial charge in [-0.25, -0.2) is 4.79 Å². The second-order valence-electron chi connectivity index (χ2n) is 23.4. The number of carbonyl (C=O) groups is 3. The Morgan fingerprint density at radius 1 is 0.370 bits per heavy atom. The zero-order chi connectivity index (χ0) is 59.1. The highest BCUT2D eigenvalue weighted by molar-refractivity contribution is 5.71. The minimum atomic E-state index is -1.52. The summed E-state index contributed by atoms with van der Waals surface area (Å²) in [6.45, 7) is 4.67. The molecule has 0 amide bonds. The predicted octanol–water partition coefficient (Wildman–Crippen LogP) is 20.5. The fourth-order valence-electron chi connectivity index (χ4n) is 9.29. The van der Waals surface area contributed by atoms with Crippen LogP contribution in [0.15, 0.2) is 97.2 Å². The summed E-state index contributed by atoms with van der Waals surface area (Å²) in [6.07, 6.45) is 82.3. The van der Waals surface area contributed by atoms with Gasteiger partial charge in [-0.15, -0.1) is 0 Å². The molecule has 2 unspecified atom stereocenters. The Kier molecular flexibility index (Phi) is 59.3. The summed E-state index contributed by atoms with van der Waals surface area (Å²) in [5.74, 6) is -2.01. The number of aliphatic carboxylic acids is 1. The van der Waals surface area contributed by atoms with Crippen molar-refractivity contribution in [2.45, 2.75) is 296 Å². The highest BCUT2D eigenvalue weighted by atomic mass is 16.7. The van der Waals surface area contributed by atoms with E-state index in [9.17, 15) is 19.5 Å². The number of nitrogens with zero attached hydrogens (tertiary/aromatic N) is 1. The molecule has 0 aromatic carbocycles. The Balaban J connectivity index is 4.08. The number of allylic oxidation sites excluding steroid dienone is 16. The van der Waals surface area contributed by atoms with Crippen LogP contribution in [-0.4, -0.2) is 87.4 Å². The quantitative estimate of drug-likeness (QED) is 0.0211. The predicted molar refractivity (Wildman–Crippen MR) is 345 cm³/mol. The number of likely N-dealkylation sites (N-methyl/N-ethyl adjacent to an activating group) is 1. The van der Waals surface area contributed by atoms with Crippen LogP contribution < -0.4 is 0 Å². The van der Waals surface area contributed by atoms with E-state index in [-0.39, 0.29) is 32.2 Å².